The van der Waals surface area contributed by atoms with Crippen molar-refractivity contribution in [2.75, 3.05) is 13.2 Å². The van der Waals surface area contributed by atoms with E-state index in [4.69, 9.17) is 9.47 Å². The molecule has 0 saturated heterocycles. The van der Waals surface area contributed by atoms with Gasteiger partial charge in [-0.25, -0.2) is 4.79 Å². The summed E-state index contributed by atoms with van der Waals surface area (Å²) in [6.45, 7) is 5.00. The third-order valence-corrected chi connectivity index (χ3v) is 4.86. The van der Waals surface area contributed by atoms with Crippen LogP contribution in [0.15, 0.2) is 46.9 Å². The van der Waals surface area contributed by atoms with Crippen LogP contribution in [-0.2, 0) is 0 Å². The molecule has 2 atom stereocenters. The molecule has 1 aliphatic rings. The summed E-state index contributed by atoms with van der Waals surface area (Å²) in [6.07, 6.45) is 0. The van der Waals surface area contributed by atoms with E-state index < -0.39 is 0 Å². The van der Waals surface area contributed by atoms with E-state index in [2.05, 4.69) is 26.6 Å². The summed E-state index contributed by atoms with van der Waals surface area (Å²) in [6, 6.07) is 13.1. The van der Waals surface area contributed by atoms with Gasteiger partial charge in [0, 0.05) is 4.47 Å². The van der Waals surface area contributed by atoms with Gasteiger partial charge in [0.25, 0.3) is 0 Å². The molecule has 6 heteroatoms. The molecule has 3 rings (SSSR count). The predicted octanol–water partition coefficient (Wildman–Crippen LogP) is 4.34. The van der Waals surface area contributed by atoms with Crippen molar-refractivity contribution < 1.29 is 14.3 Å². The molecule has 0 aliphatic carbocycles. The molecular formula is C19H21BrN2O3. The van der Waals surface area contributed by atoms with E-state index >= 15 is 0 Å². The van der Waals surface area contributed by atoms with E-state index in [9.17, 15) is 4.79 Å². The number of rotatable bonds is 4. The van der Waals surface area contributed by atoms with Crippen molar-refractivity contribution in [1.29, 1.82) is 0 Å². The Bertz CT molecular complexity index is 766. The fourth-order valence-electron chi connectivity index (χ4n) is 2.75. The van der Waals surface area contributed by atoms with Crippen LogP contribution in [0.25, 0.3) is 0 Å². The number of ether oxygens (including phenoxy) is 2. The number of halogens is 1. The van der Waals surface area contributed by atoms with Crippen LogP contribution in [0.5, 0.6) is 11.5 Å². The fourth-order valence-corrected chi connectivity index (χ4v) is 3.38. The minimum absolute atomic E-state index is 0.108. The molecule has 0 fully saturated rings. The Labute approximate surface area is 155 Å². The van der Waals surface area contributed by atoms with Crippen molar-refractivity contribution in [3.8, 4) is 11.5 Å². The van der Waals surface area contributed by atoms with Gasteiger partial charge >= 0.3 is 6.03 Å². The molecule has 0 spiro atoms. The molecule has 1 aliphatic heterocycles. The minimum Gasteiger partial charge on any atom is -0.486 e. The highest BCUT2D eigenvalue weighted by Crippen LogP contribution is 2.32. The maximum atomic E-state index is 12.3. The van der Waals surface area contributed by atoms with Crippen molar-refractivity contribution in [3.63, 3.8) is 0 Å². The molecule has 0 saturated carbocycles. The van der Waals surface area contributed by atoms with Crippen LogP contribution in [0.1, 0.15) is 37.1 Å². The van der Waals surface area contributed by atoms with Gasteiger partial charge in [-0.05, 0) is 43.2 Å². The fraction of sp³-hybridized carbons (Fsp3) is 0.316. The number of nitrogens with one attached hydrogen (secondary N) is 2. The van der Waals surface area contributed by atoms with Crippen molar-refractivity contribution in [3.05, 3.63) is 58.1 Å². The average molecular weight is 405 g/mol. The van der Waals surface area contributed by atoms with Gasteiger partial charge in [-0.2, -0.15) is 0 Å². The van der Waals surface area contributed by atoms with Crippen LogP contribution in [0, 0.1) is 0 Å². The lowest BCUT2D eigenvalue weighted by molar-refractivity contribution is 0.171. The largest absolute Gasteiger partial charge is 0.486 e. The maximum Gasteiger partial charge on any atom is 0.315 e. The number of amides is 2. The molecule has 1 heterocycles. The first-order valence-corrected chi connectivity index (χ1v) is 9.05. The lowest BCUT2D eigenvalue weighted by Gasteiger charge is -2.22. The van der Waals surface area contributed by atoms with Gasteiger partial charge in [0.1, 0.15) is 13.2 Å². The molecule has 0 bridgehead atoms. The number of fused-ring (bicyclic) bond motifs is 1. The number of benzene rings is 2. The standard InChI is InChI=1S/C19H21BrN2O3/c1-12(14-7-8-17-18(11-14)25-10-9-24-17)21-19(23)22-13(2)15-5-3-4-6-16(15)20/h3-8,11-13H,9-10H2,1-2H3,(H2,21,22,23). The van der Waals surface area contributed by atoms with Crippen LogP contribution in [0.3, 0.4) is 0 Å². The molecule has 5 nitrogen and oxygen atoms in total. The summed E-state index contributed by atoms with van der Waals surface area (Å²) in [5.41, 5.74) is 2.00. The third kappa shape index (κ3) is 4.25. The predicted molar refractivity (Wildman–Crippen MR) is 100 cm³/mol. The lowest BCUT2D eigenvalue weighted by Crippen LogP contribution is -2.38. The van der Waals surface area contributed by atoms with Crippen molar-refractivity contribution >= 4 is 22.0 Å². The first-order valence-electron chi connectivity index (χ1n) is 8.25. The topological polar surface area (TPSA) is 59.6 Å². The zero-order valence-corrected chi connectivity index (χ0v) is 15.8. The number of hydrogen-bond acceptors (Lipinski definition) is 3. The van der Waals surface area contributed by atoms with E-state index in [0.29, 0.717) is 13.2 Å². The van der Waals surface area contributed by atoms with Gasteiger partial charge in [-0.15, -0.1) is 0 Å². The highest BCUT2D eigenvalue weighted by Gasteiger charge is 2.17. The first-order chi connectivity index (χ1) is 12.0. The molecular weight excluding hydrogens is 384 g/mol. The van der Waals surface area contributed by atoms with Gasteiger partial charge in [0.15, 0.2) is 11.5 Å². The van der Waals surface area contributed by atoms with E-state index in [1.54, 1.807) is 0 Å². The Balaban J connectivity index is 1.61. The second-order valence-corrected chi connectivity index (χ2v) is 6.84. The molecule has 25 heavy (non-hydrogen) atoms. The van der Waals surface area contributed by atoms with Gasteiger partial charge in [0.05, 0.1) is 12.1 Å². The molecule has 2 aromatic rings. The smallest absolute Gasteiger partial charge is 0.315 e. The van der Waals surface area contributed by atoms with Crippen LogP contribution in [0.2, 0.25) is 0 Å². The molecule has 0 aromatic heterocycles. The zero-order valence-electron chi connectivity index (χ0n) is 14.2. The Kier molecular flexibility index (Phi) is 5.48. The van der Waals surface area contributed by atoms with E-state index in [1.165, 1.54) is 0 Å². The SMILES string of the molecule is CC(NC(=O)NC(C)c1ccccc1Br)c1ccc2c(c1)OCCO2. The summed E-state index contributed by atoms with van der Waals surface area (Å²) in [5.74, 6) is 1.47. The third-order valence-electron chi connectivity index (χ3n) is 4.13. The number of hydrogen-bond donors (Lipinski definition) is 2. The van der Waals surface area contributed by atoms with E-state index in [0.717, 1.165) is 27.1 Å². The Morgan fingerprint density at radius 1 is 1.00 bits per heavy atom. The summed E-state index contributed by atoms with van der Waals surface area (Å²) < 4.78 is 12.1. The Morgan fingerprint density at radius 2 is 1.68 bits per heavy atom. The second-order valence-electron chi connectivity index (χ2n) is 5.99. The highest BCUT2D eigenvalue weighted by atomic mass is 79.9. The maximum absolute atomic E-state index is 12.3. The van der Waals surface area contributed by atoms with Crippen LogP contribution in [-0.4, -0.2) is 19.2 Å². The van der Waals surface area contributed by atoms with E-state index in [-0.39, 0.29) is 18.1 Å². The molecule has 2 N–H and O–H groups in total. The average Bonchev–Trinajstić information content (AvgIpc) is 2.61. The summed E-state index contributed by atoms with van der Waals surface area (Å²) in [4.78, 5) is 12.3. The highest BCUT2D eigenvalue weighted by molar-refractivity contribution is 9.10. The van der Waals surface area contributed by atoms with E-state index in [1.807, 2.05) is 56.3 Å². The Morgan fingerprint density at radius 3 is 2.44 bits per heavy atom. The van der Waals surface area contributed by atoms with Gasteiger partial charge < -0.3 is 20.1 Å². The Hall–Kier alpha value is -2.21. The number of carbonyl (C=O) groups is 1. The summed E-state index contributed by atoms with van der Waals surface area (Å²) >= 11 is 3.51. The molecule has 2 aromatic carbocycles. The van der Waals surface area contributed by atoms with Crippen molar-refractivity contribution in [2.24, 2.45) is 0 Å². The quantitative estimate of drug-likeness (QED) is 0.796. The summed E-state index contributed by atoms with van der Waals surface area (Å²) in [5, 5.41) is 5.93. The number of carbonyl (C=O) groups excluding carboxylic acids is 1. The minimum atomic E-state index is -0.217. The van der Waals surface area contributed by atoms with Crippen molar-refractivity contribution in [2.45, 2.75) is 25.9 Å². The first kappa shape index (κ1) is 17.6. The molecule has 0 radical (unpaired) electrons. The van der Waals surface area contributed by atoms with Gasteiger partial charge in [0.2, 0.25) is 0 Å². The van der Waals surface area contributed by atoms with Gasteiger partial charge in [-0.3, -0.25) is 0 Å². The molecule has 2 amide bonds. The zero-order chi connectivity index (χ0) is 17.8. The van der Waals surface area contributed by atoms with Crippen molar-refractivity contribution in [1.82, 2.24) is 10.6 Å². The van der Waals surface area contributed by atoms with Gasteiger partial charge in [-0.1, -0.05) is 40.2 Å². The van der Waals surface area contributed by atoms with Crippen LogP contribution in [0.4, 0.5) is 4.79 Å². The molecule has 132 valence electrons. The molecule has 2 unspecified atom stereocenters. The lowest BCUT2D eigenvalue weighted by atomic mass is 10.1. The van der Waals surface area contributed by atoms with Crippen LogP contribution >= 0.6 is 15.9 Å². The number of urea groups is 1. The monoisotopic (exact) mass is 404 g/mol. The second kappa shape index (κ2) is 7.78. The normalized spacial score (nSPS) is 15.2. The van der Waals surface area contributed by atoms with Crippen LogP contribution < -0.4 is 20.1 Å². The summed E-state index contributed by atoms with van der Waals surface area (Å²) in [7, 11) is 0.